The second-order valence-electron chi connectivity index (χ2n) is 8.19. The van der Waals surface area contributed by atoms with Crippen molar-refractivity contribution < 1.29 is 14.3 Å². The van der Waals surface area contributed by atoms with E-state index in [9.17, 15) is 9.59 Å². The number of hydrogen-bond acceptors (Lipinski definition) is 6. The van der Waals surface area contributed by atoms with Crippen molar-refractivity contribution in [3.05, 3.63) is 95.1 Å². The standard InChI is InChI=1S/C28H30N4O3/c1-2-35-28(34)21-11-14-23-24(17-21)32-27(33)25(23)26(20-7-4-3-5-8-20)31-22-12-9-19(10-13-22)18-30-16-6-15-29/h3-5,7-14,17,30-31H,2,6,15-16,18,29H2,1H3,(H,32,33)/b26-25-. The minimum absolute atomic E-state index is 0.229. The fraction of sp³-hybridized carbons (Fsp3) is 0.214. The number of rotatable bonds is 10. The fourth-order valence-corrected chi connectivity index (χ4v) is 3.96. The molecule has 4 rings (SSSR count). The maximum Gasteiger partial charge on any atom is 0.338 e. The molecule has 180 valence electrons. The molecule has 1 aliphatic rings. The molecule has 7 heteroatoms. The molecule has 1 heterocycles. The summed E-state index contributed by atoms with van der Waals surface area (Å²) in [5, 5.41) is 9.74. The highest BCUT2D eigenvalue weighted by atomic mass is 16.5. The van der Waals surface area contributed by atoms with Crippen molar-refractivity contribution >= 4 is 34.5 Å². The molecule has 0 saturated carbocycles. The molecular weight excluding hydrogens is 440 g/mol. The summed E-state index contributed by atoms with van der Waals surface area (Å²) < 4.78 is 5.10. The van der Waals surface area contributed by atoms with Crippen LogP contribution in [0.3, 0.4) is 0 Å². The molecule has 0 aliphatic carbocycles. The number of benzene rings is 3. The average molecular weight is 471 g/mol. The van der Waals surface area contributed by atoms with Crippen molar-refractivity contribution in [3.8, 4) is 0 Å². The monoisotopic (exact) mass is 470 g/mol. The Hall–Kier alpha value is -3.94. The van der Waals surface area contributed by atoms with E-state index in [4.69, 9.17) is 10.5 Å². The smallest absolute Gasteiger partial charge is 0.338 e. The van der Waals surface area contributed by atoms with Gasteiger partial charge >= 0.3 is 5.97 Å². The quantitative estimate of drug-likeness (QED) is 0.201. The number of fused-ring (bicyclic) bond motifs is 1. The Morgan fingerprint density at radius 1 is 1.00 bits per heavy atom. The summed E-state index contributed by atoms with van der Waals surface area (Å²) in [6.07, 6.45) is 0.943. The van der Waals surface area contributed by atoms with Crippen molar-refractivity contribution in [2.45, 2.75) is 19.9 Å². The average Bonchev–Trinajstić information content (AvgIpc) is 3.21. The van der Waals surface area contributed by atoms with Gasteiger partial charge in [0.05, 0.1) is 29.1 Å². The summed E-state index contributed by atoms with van der Waals surface area (Å²) in [5.74, 6) is -0.644. The van der Waals surface area contributed by atoms with Crippen LogP contribution in [-0.4, -0.2) is 31.6 Å². The summed E-state index contributed by atoms with van der Waals surface area (Å²) in [7, 11) is 0. The summed E-state index contributed by atoms with van der Waals surface area (Å²) in [6, 6.07) is 23.0. The Labute approximate surface area is 205 Å². The molecule has 3 aromatic carbocycles. The van der Waals surface area contributed by atoms with Gasteiger partial charge in [-0.2, -0.15) is 0 Å². The molecule has 0 bridgehead atoms. The van der Waals surface area contributed by atoms with Gasteiger partial charge in [-0.05, 0) is 61.8 Å². The lowest BCUT2D eigenvalue weighted by Crippen LogP contribution is -2.17. The Bertz CT molecular complexity index is 1220. The molecular formula is C28H30N4O3. The van der Waals surface area contributed by atoms with Crippen LogP contribution >= 0.6 is 0 Å². The number of amides is 1. The third-order valence-electron chi connectivity index (χ3n) is 5.70. The molecule has 3 aromatic rings. The van der Waals surface area contributed by atoms with Crippen LogP contribution in [0.1, 0.15) is 40.4 Å². The van der Waals surface area contributed by atoms with Gasteiger partial charge in [-0.15, -0.1) is 0 Å². The number of nitrogens with one attached hydrogen (secondary N) is 3. The fourth-order valence-electron chi connectivity index (χ4n) is 3.96. The van der Waals surface area contributed by atoms with Gasteiger partial charge in [-0.25, -0.2) is 4.79 Å². The van der Waals surface area contributed by atoms with Crippen molar-refractivity contribution in [3.63, 3.8) is 0 Å². The zero-order valence-corrected chi connectivity index (χ0v) is 19.8. The lowest BCUT2D eigenvalue weighted by Gasteiger charge is -2.15. The van der Waals surface area contributed by atoms with Crippen molar-refractivity contribution in [2.24, 2.45) is 5.73 Å². The third-order valence-corrected chi connectivity index (χ3v) is 5.70. The maximum absolute atomic E-state index is 13.1. The van der Waals surface area contributed by atoms with Gasteiger partial charge in [0.25, 0.3) is 5.91 Å². The van der Waals surface area contributed by atoms with Gasteiger partial charge in [-0.3, -0.25) is 4.79 Å². The van der Waals surface area contributed by atoms with E-state index in [2.05, 4.69) is 28.1 Å². The van der Waals surface area contributed by atoms with Crippen molar-refractivity contribution in [1.82, 2.24) is 5.32 Å². The molecule has 0 radical (unpaired) electrons. The van der Waals surface area contributed by atoms with E-state index in [1.807, 2.05) is 42.5 Å². The van der Waals surface area contributed by atoms with Crippen LogP contribution < -0.4 is 21.7 Å². The first-order valence-corrected chi connectivity index (χ1v) is 11.8. The lowest BCUT2D eigenvalue weighted by atomic mass is 9.99. The second kappa shape index (κ2) is 11.5. The minimum Gasteiger partial charge on any atom is -0.462 e. The Balaban J connectivity index is 1.66. The molecule has 5 N–H and O–H groups in total. The number of hydrogen-bond donors (Lipinski definition) is 4. The first-order valence-electron chi connectivity index (χ1n) is 11.8. The zero-order chi connectivity index (χ0) is 24.6. The molecule has 0 atom stereocenters. The molecule has 0 spiro atoms. The topological polar surface area (TPSA) is 105 Å². The first kappa shape index (κ1) is 24.2. The molecule has 0 fully saturated rings. The molecule has 0 saturated heterocycles. The van der Waals surface area contributed by atoms with E-state index in [1.54, 1.807) is 25.1 Å². The SMILES string of the molecule is CCOC(=O)c1ccc2c(c1)NC(=O)/C2=C(\Nc1ccc(CNCCCN)cc1)c1ccccc1. The molecule has 0 aromatic heterocycles. The van der Waals surface area contributed by atoms with Crippen LogP contribution in [0.4, 0.5) is 11.4 Å². The highest BCUT2D eigenvalue weighted by Crippen LogP contribution is 2.38. The molecule has 1 amide bonds. The lowest BCUT2D eigenvalue weighted by molar-refractivity contribution is -0.110. The number of carbonyl (C=O) groups is 2. The predicted octanol–water partition coefficient (Wildman–Crippen LogP) is 4.23. The summed E-state index contributed by atoms with van der Waals surface area (Å²) in [6.45, 7) is 4.38. The van der Waals surface area contributed by atoms with E-state index in [0.717, 1.165) is 41.9 Å². The Kier molecular flexibility index (Phi) is 7.92. The predicted molar refractivity (Wildman–Crippen MR) is 140 cm³/mol. The van der Waals surface area contributed by atoms with E-state index in [-0.39, 0.29) is 12.5 Å². The maximum atomic E-state index is 13.1. The first-order chi connectivity index (χ1) is 17.1. The van der Waals surface area contributed by atoms with Crippen LogP contribution in [0.2, 0.25) is 0 Å². The number of anilines is 2. The van der Waals surface area contributed by atoms with E-state index in [0.29, 0.717) is 29.1 Å². The Morgan fingerprint density at radius 2 is 1.77 bits per heavy atom. The zero-order valence-electron chi connectivity index (χ0n) is 19.8. The van der Waals surface area contributed by atoms with Gasteiger partial charge in [0.15, 0.2) is 0 Å². The second-order valence-corrected chi connectivity index (χ2v) is 8.19. The van der Waals surface area contributed by atoms with E-state index < -0.39 is 5.97 Å². The van der Waals surface area contributed by atoms with Crippen molar-refractivity contribution in [1.29, 1.82) is 0 Å². The number of ether oxygens (including phenoxy) is 1. The third kappa shape index (κ3) is 5.77. The van der Waals surface area contributed by atoms with Crippen LogP contribution in [0, 0.1) is 0 Å². The van der Waals surface area contributed by atoms with Crippen LogP contribution in [0.15, 0.2) is 72.8 Å². The number of nitrogens with two attached hydrogens (primary N) is 1. The number of carbonyl (C=O) groups excluding carboxylic acids is 2. The van der Waals surface area contributed by atoms with E-state index in [1.165, 1.54) is 0 Å². The van der Waals surface area contributed by atoms with Gasteiger partial charge in [-0.1, -0.05) is 48.5 Å². The molecule has 1 aliphatic heterocycles. The summed E-state index contributed by atoms with van der Waals surface area (Å²) >= 11 is 0. The van der Waals surface area contributed by atoms with Gasteiger partial charge in [0.1, 0.15) is 0 Å². The van der Waals surface area contributed by atoms with Crippen molar-refractivity contribution in [2.75, 3.05) is 30.3 Å². The molecule has 0 unspecified atom stereocenters. The summed E-state index contributed by atoms with van der Waals surface area (Å²) in [4.78, 5) is 25.3. The molecule has 35 heavy (non-hydrogen) atoms. The highest BCUT2D eigenvalue weighted by molar-refractivity contribution is 6.37. The normalized spacial score (nSPS) is 13.7. The van der Waals surface area contributed by atoms with Gasteiger partial charge < -0.3 is 26.4 Å². The van der Waals surface area contributed by atoms with Crippen LogP contribution in [0.25, 0.3) is 11.3 Å². The van der Waals surface area contributed by atoms with E-state index >= 15 is 0 Å². The minimum atomic E-state index is -0.416. The molecule has 7 nitrogen and oxygen atoms in total. The van der Waals surface area contributed by atoms with Gasteiger partial charge in [0, 0.05) is 17.8 Å². The highest BCUT2D eigenvalue weighted by Gasteiger charge is 2.29. The summed E-state index contributed by atoms with van der Waals surface area (Å²) in [5.41, 5.74) is 11.4. The van der Waals surface area contributed by atoms with Gasteiger partial charge in [0.2, 0.25) is 0 Å². The largest absolute Gasteiger partial charge is 0.462 e. The van der Waals surface area contributed by atoms with Crippen LogP contribution in [0.5, 0.6) is 0 Å². The number of esters is 1. The van der Waals surface area contributed by atoms with Crippen LogP contribution in [-0.2, 0) is 16.1 Å². The Morgan fingerprint density at radius 3 is 2.49 bits per heavy atom.